The molecule has 2 aromatic rings. The lowest BCUT2D eigenvalue weighted by atomic mass is 9.97. The summed E-state index contributed by atoms with van der Waals surface area (Å²) in [5.41, 5.74) is 7.00. The van der Waals surface area contributed by atoms with Crippen molar-refractivity contribution in [2.24, 2.45) is 11.7 Å². The number of carbonyl (C=O) groups excluding carboxylic acids is 1. The monoisotopic (exact) mass is 447 g/mol. The predicted molar refractivity (Wildman–Crippen MR) is 125 cm³/mol. The van der Waals surface area contributed by atoms with Crippen LogP contribution in [0.1, 0.15) is 37.7 Å². The van der Waals surface area contributed by atoms with E-state index in [0.29, 0.717) is 43.3 Å². The van der Waals surface area contributed by atoms with Crippen LogP contribution < -0.4 is 20.5 Å². The largest absolute Gasteiger partial charge is 0.497 e. The third-order valence-corrected chi connectivity index (χ3v) is 6.52. The highest BCUT2D eigenvalue weighted by Crippen LogP contribution is 2.23. The fourth-order valence-electron chi connectivity index (χ4n) is 3.19. The fourth-order valence-corrected chi connectivity index (χ4v) is 4.65. The number of methoxy groups -OCH3 is 1. The molecule has 0 radical (unpaired) electrons. The molecule has 170 valence electrons. The number of nitrogens with one attached hydrogen (secondary N) is 2. The zero-order valence-electron chi connectivity index (χ0n) is 18.2. The van der Waals surface area contributed by atoms with Crippen molar-refractivity contribution in [1.82, 2.24) is 5.32 Å². The summed E-state index contributed by atoms with van der Waals surface area (Å²) in [5, 5.41) is 2.90. The first-order valence-electron chi connectivity index (χ1n) is 10.5. The molecular weight excluding hydrogens is 414 g/mol. The molecule has 0 aliphatic heterocycles. The average molecular weight is 448 g/mol. The van der Waals surface area contributed by atoms with Crippen molar-refractivity contribution in [3.8, 4) is 5.75 Å². The van der Waals surface area contributed by atoms with E-state index in [-0.39, 0.29) is 17.6 Å². The molecule has 31 heavy (non-hydrogen) atoms. The number of carbonyl (C=O) groups is 1. The Morgan fingerprint density at radius 3 is 2.35 bits per heavy atom. The van der Waals surface area contributed by atoms with E-state index in [1.807, 2.05) is 37.3 Å². The smallest absolute Gasteiger partial charge is 0.233 e. The number of ether oxygens (including phenoxy) is 1. The number of anilines is 1. The van der Waals surface area contributed by atoms with E-state index < -0.39 is 10.0 Å². The fraction of sp³-hybridized carbons (Fsp3) is 0.435. The SMILES string of the molecule is COc1ccc(NS(=O)(=O)CC(CCNC(=O)CCC(C)CN)c2ccccc2)cc1. The highest BCUT2D eigenvalue weighted by Gasteiger charge is 2.21. The number of amides is 1. The third kappa shape index (κ3) is 8.98. The first-order chi connectivity index (χ1) is 14.8. The van der Waals surface area contributed by atoms with E-state index in [1.54, 1.807) is 31.4 Å². The number of benzene rings is 2. The maximum Gasteiger partial charge on any atom is 0.233 e. The van der Waals surface area contributed by atoms with Gasteiger partial charge in [-0.2, -0.15) is 0 Å². The minimum Gasteiger partial charge on any atom is -0.497 e. The van der Waals surface area contributed by atoms with Gasteiger partial charge in [0.2, 0.25) is 15.9 Å². The van der Waals surface area contributed by atoms with E-state index in [1.165, 1.54) is 0 Å². The second kappa shape index (κ2) is 12.3. The van der Waals surface area contributed by atoms with Gasteiger partial charge < -0.3 is 15.8 Å². The lowest BCUT2D eigenvalue weighted by Gasteiger charge is -2.19. The van der Waals surface area contributed by atoms with E-state index in [9.17, 15) is 13.2 Å². The molecular formula is C23H33N3O4S. The van der Waals surface area contributed by atoms with Crippen molar-refractivity contribution in [3.05, 3.63) is 60.2 Å². The molecule has 2 atom stereocenters. The summed E-state index contributed by atoms with van der Waals surface area (Å²) >= 11 is 0. The first kappa shape index (κ1) is 24.7. The quantitative estimate of drug-likeness (QED) is 0.437. The summed E-state index contributed by atoms with van der Waals surface area (Å²) in [4.78, 5) is 12.1. The van der Waals surface area contributed by atoms with Crippen LogP contribution in [0.15, 0.2) is 54.6 Å². The number of sulfonamides is 1. The molecule has 0 aliphatic carbocycles. The second-order valence-corrected chi connectivity index (χ2v) is 9.50. The summed E-state index contributed by atoms with van der Waals surface area (Å²) in [6.45, 7) is 2.98. The molecule has 0 heterocycles. The van der Waals surface area contributed by atoms with Gasteiger partial charge >= 0.3 is 0 Å². The molecule has 0 aliphatic rings. The topological polar surface area (TPSA) is 111 Å². The van der Waals surface area contributed by atoms with Crippen LogP contribution in [0.5, 0.6) is 5.75 Å². The lowest BCUT2D eigenvalue weighted by Crippen LogP contribution is -2.28. The van der Waals surface area contributed by atoms with Gasteiger partial charge in [0.05, 0.1) is 12.9 Å². The summed E-state index contributed by atoms with van der Waals surface area (Å²) in [6.07, 6.45) is 1.68. The zero-order valence-corrected chi connectivity index (χ0v) is 19.0. The van der Waals surface area contributed by atoms with Crippen LogP contribution in [-0.2, 0) is 14.8 Å². The molecule has 2 unspecified atom stereocenters. The Labute approximate surface area is 185 Å². The van der Waals surface area contributed by atoms with Gasteiger partial charge in [0, 0.05) is 24.6 Å². The number of nitrogens with two attached hydrogens (primary N) is 1. The predicted octanol–water partition coefficient (Wildman–Crippen LogP) is 3.10. The highest BCUT2D eigenvalue weighted by atomic mass is 32.2. The van der Waals surface area contributed by atoms with Crippen LogP contribution in [0.25, 0.3) is 0 Å². The van der Waals surface area contributed by atoms with Crippen LogP contribution in [0.4, 0.5) is 5.69 Å². The van der Waals surface area contributed by atoms with E-state index in [0.717, 1.165) is 12.0 Å². The minimum atomic E-state index is -3.59. The second-order valence-electron chi connectivity index (χ2n) is 7.74. The maximum atomic E-state index is 12.8. The first-order valence-corrected chi connectivity index (χ1v) is 12.1. The molecule has 0 spiro atoms. The molecule has 0 saturated carbocycles. The molecule has 7 nitrogen and oxygen atoms in total. The molecule has 0 bridgehead atoms. The summed E-state index contributed by atoms with van der Waals surface area (Å²) in [5.74, 6) is 0.591. The Hall–Kier alpha value is -2.58. The van der Waals surface area contributed by atoms with Gasteiger partial charge in [-0.05, 0) is 55.1 Å². The van der Waals surface area contributed by atoms with Gasteiger partial charge in [-0.25, -0.2) is 8.42 Å². The zero-order chi connectivity index (χ0) is 22.7. The van der Waals surface area contributed by atoms with Crippen molar-refractivity contribution in [1.29, 1.82) is 0 Å². The maximum absolute atomic E-state index is 12.8. The molecule has 4 N–H and O–H groups in total. The minimum absolute atomic E-state index is 0.0358. The van der Waals surface area contributed by atoms with E-state index in [2.05, 4.69) is 10.0 Å². The van der Waals surface area contributed by atoms with Crippen LogP contribution in [0.2, 0.25) is 0 Å². The average Bonchev–Trinajstić information content (AvgIpc) is 2.77. The Balaban J connectivity index is 1.98. The Morgan fingerprint density at radius 1 is 1.06 bits per heavy atom. The normalized spacial score (nSPS) is 13.3. The number of hydrogen-bond acceptors (Lipinski definition) is 5. The van der Waals surface area contributed by atoms with Crippen LogP contribution in [0, 0.1) is 5.92 Å². The van der Waals surface area contributed by atoms with Gasteiger partial charge in [0.25, 0.3) is 0 Å². The van der Waals surface area contributed by atoms with Crippen molar-refractivity contribution in [2.75, 3.05) is 30.7 Å². The summed E-state index contributed by atoms with van der Waals surface area (Å²) < 4.78 is 33.3. The molecule has 0 fully saturated rings. The summed E-state index contributed by atoms with van der Waals surface area (Å²) in [6, 6.07) is 16.2. The lowest BCUT2D eigenvalue weighted by molar-refractivity contribution is -0.121. The van der Waals surface area contributed by atoms with Gasteiger partial charge in [-0.15, -0.1) is 0 Å². The molecule has 0 saturated heterocycles. The van der Waals surface area contributed by atoms with Crippen molar-refractivity contribution >= 4 is 21.6 Å². The van der Waals surface area contributed by atoms with Crippen LogP contribution >= 0.6 is 0 Å². The van der Waals surface area contributed by atoms with Gasteiger partial charge in [0.1, 0.15) is 5.75 Å². The standard InChI is InChI=1S/C23H33N3O4S/c1-18(16-24)8-13-23(27)25-15-14-20(19-6-4-3-5-7-19)17-31(28,29)26-21-9-11-22(30-2)12-10-21/h3-7,9-12,18,20,26H,8,13-17,24H2,1-2H3,(H,25,27). The molecule has 8 heteroatoms. The van der Waals surface area contributed by atoms with Gasteiger partial charge in [-0.3, -0.25) is 9.52 Å². The molecule has 2 rings (SSSR count). The van der Waals surface area contributed by atoms with E-state index in [4.69, 9.17) is 10.5 Å². The van der Waals surface area contributed by atoms with Crippen molar-refractivity contribution in [2.45, 2.75) is 32.1 Å². The van der Waals surface area contributed by atoms with E-state index >= 15 is 0 Å². The number of hydrogen-bond donors (Lipinski definition) is 3. The van der Waals surface area contributed by atoms with Gasteiger partial charge in [0.15, 0.2) is 0 Å². The van der Waals surface area contributed by atoms with Gasteiger partial charge in [-0.1, -0.05) is 37.3 Å². The molecule has 1 amide bonds. The van der Waals surface area contributed by atoms with Crippen molar-refractivity contribution in [3.63, 3.8) is 0 Å². The third-order valence-electron chi connectivity index (χ3n) is 5.14. The van der Waals surface area contributed by atoms with Crippen LogP contribution in [0.3, 0.4) is 0 Å². The summed E-state index contributed by atoms with van der Waals surface area (Å²) in [7, 11) is -2.04. The van der Waals surface area contributed by atoms with Crippen molar-refractivity contribution < 1.29 is 17.9 Å². The highest BCUT2D eigenvalue weighted by molar-refractivity contribution is 7.92. The Morgan fingerprint density at radius 2 is 1.74 bits per heavy atom. The molecule has 2 aromatic carbocycles. The number of rotatable bonds is 13. The van der Waals surface area contributed by atoms with Crippen LogP contribution in [-0.4, -0.2) is 40.3 Å². The Kier molecular flexibility index (Phi) is 9.81. The Bertz CT molecular complexity index is 902. The molecule has 0 aromatic heterocycles.